The fourth-order valence-corrected chi connectivity index (χ4v) is 5.86. The maximum Gasteiger partial charge on any atom is 0.119 e. The van der Waals surface area contributed by atoms with Crippen molar-refractivity contribution < 1.29 is 9.84 Å². The van der Waals surface area contributed by atoms with E-state index in [9.17, 15) is 5.11 Å². The van der Waals surface area contributed by atoms with Crippen molar-refractivity contribution in [3.8, 4) is 5.75 Å². The molecule has 4 heteroatoms. The Morgan fingerprint density at radius 3 is 2.92 bits per heavy atom. The highest BCUT2D eigenvalue weighted by atomic mass is 16.5. The zero-order chi connectivity index (χ0) is 17.3. The zero-order valence-corrected chi connectivity index (χ0v) is 15.2. The van der Waals surface area contributed by atoms with Crippen molar-refractivity contribution in [1.29, 1.82) is 0 Å². The molecule has 0 saturated carbocycles. The number of aliphatic hydroxyl groups is 1. The predicted molar refractivity (Wildman–Crippen MR) is 98.8 cm³/mol. The highest BCUT2D eigenvalue weighted by molar-refractivity contribution is 5.87. The van der Waals surface area contributed by atoms with Crippen molar-refractivity contribution in [1.82, 2.24) is 9.47 Å². The first-order chi connectivity index (χ1) is 12.2. The summed E-state index contributed by atoms with van der Waals surface area (Å²) in [6, 6.07) is 7.37. The summed E-state index contributed by atoms with van der Waals surface area (Å²) < 4.78 is 7.87. The third kappa shape index (κ3) is 1.90. The normalized spacial score (nSPS) is 34.6. The van der Waals surface area contributed by atoms with Gasteiger partial charge in [-0.25, -0.2) is 0 Å². The van der Waals surface area contributed by atoms with Crippen LogP contribution in [0.3, 0.4) is 0 Å². The van der Waals surface area contributed by atoms with Crippen LogP contribution < -0.4 is 4.74 Å². The molecule has 1 unspecified atom stereocenters. The lowest BCUT2D eigenvalue weighted by atomic mass is 9.64. The van der Waals surface area contributed by atoms with Gasteiger partial charge in [-0.2, -0.15) is 0 Å². The number of hydrogen-bond acceptors (Lipinski definition) is 3. The monoisotopic (exact) mass is 338 g/mol. The minimum Gasteiger partial charge on any atom is -0.497 e. The molecule has 0 amide bonds. The first-order valence-corrected chi connectivity index (χ1v) is 9.34. The first kappa shape index (κ1) is 15.5. The molecule has 0 aliphatic carbocycles. The predicted octanol–water partition coefficient (Wildman–Crippen LogP) is 3.04. The molecule has 5 heterocycles. The van der Waals surface area contributed by atoms with E-state index in [4.69, 9.17) is 4.74 Å². The van der Waals surface area contributed by atoms with E-state index in [2.05, 4.69) is 47.7 Å². The number of aromatic nitrogens is 1. The van der Waals surface area contributed by atoms with Gasteiger partial charge in [-0.3, -0.25) is 4.90 Å². The second kappa shape index (κ2) is 5.36. The maximum absolute atomic E-state index is 10.1. The highest BCUT2D eigenvalue weighted by Crippen LogP contribution is 2.54. The Labute approximate surface area is 148 Å². The average Bonchev–Trinajstić information content (AvgIpc) is 2.93. The maximum atomic E-state index is 10.1. The number of methoxy groups -OCH3 is 1. The van der Waals surface area contributed by atoms with E-state index in [0.717, 1.165) is 25.1 Å². The van der Waals surface area contributed by atoms with Gasteiger partial charge in [0.25, 0.3) is 0 Å². The van der Waals surface area contributed by atoms with E-state index in [1.54, 1.807) is 7.11 Å². The Bertz CT molecular complexity index is 882. The van der Waals surface area contributed by atoms with E-state index in [1.807, 2.05) is 0 Å². The number of aryl methyl sites for hydroxylation is 1. The molecule has 6 rings (SSSR count). The van der Waals surface area contributed by atoms with Crippen LogP contribution in [0.5, 0.6) is 5.75 Å². The molecular weight excluding hydrogens is 312 g/mol. The second-order valence-electron chi connectivity index (χ2n) is 7.82. The van der Waals surface area contributed by atoms with Gasteiger partial charge in [-0.05, 0) is 49.4 Å². The van der Waals surface area contributed by atoms with Crippen LogP contribution in [0.1, 0.15) is 30.6 Å². The Kier molecular flexibility index (Phi) is 3.32. The first-order valence-electron chi connectivity index (χ1n) is 9.34. The molecule has 1 aromatic carbocycles. The molecule has 4 nitrogen and oxygen atoms in total. The number of benzene rings is 1. The van der Waals surface area contributed by atoms with Crippen LogP contribution >= 0.6 is 0 Å². The summed E-state index contributed by atoms with van der Waals surface area (Å²) >= 11 is 0. The molecule has 2 aromatic rings. The minimum absolute atomic E-state index is 0.291. The molecule has 3 saturated heterocycles. The van der Waals surface area contributed by atoms with Crippen molar-refractivity contribution in [2.45, 2.75) is 31.8 Å². The largest absolute Gasteiger partial charge is 0.497 e. The Balaban J connectivity index is 1.71. The molecule has 5 atom stereocenters. The molecule has 25 heavy (non-hydrogen) atoms. The van der Waals surface area contributed by atoms with Gasteiger partial charge in [0.05, 0.1) is 13.2 Å². The summed E-state index contributed by atoms with van der Waals surface area (Å²) in [5, 5.41) is 11.4. The van der Waals surface area contributed by atoms with Crippen molar-refractivity contribution in [2.75, 3.05) is 20.3 Å². The van der Waals surface area contributed by atoms with Crippen molar-refractivity contribution in [3.05, 3.63) is 41.1 Å². The van der Waals surface area contributed by atoms with Gasteiger partial charge in [0.1, 0.15) is 5.75 Å². The topological polar surface area (TPSA) is 37.6 Å². The molecule has 4 aliphatic rings. The molecular formula is C21H26N2O2. The molecule has 4 aliphatic heterocycles. The van der Waals surface area contributed by atoms with Gasteiger partial charge in [-0.15, -0.1) is 0 Å². The minimum atomic E-state index is 0.291. The van der Waals surface area contributed by atoms with Crippen molar-refractivity contribution in [3.63, 3.8) is 0 Å². The summed E-state index contributed by atoms with van der Waals surface area (Å²) in [5.74, 6) is 1.83. The molecule has 1 N–H and O–H groups in total. The summed E-state index contributed by atoms with van der Waals surface area (Å²) in [7, 11) is 3.94. The summed E-state index contributed by atoms with van der Waals surface area (Å²) in [4.78, 5) is 2.66. The number of hydrogen-bond donors (Lipinski definition) is 1. The number of nitrogens with zero attached hydrogens (tertiary/aromatic N) is 2. The van der Waals surface area contributed by atoms with Gasteiger partial charge in [-0.1, -0.05) is 11.6 Å². The van der Waals surface area contributed by atoms with Crippen LogP contribution in [0.4, 0.5) is 0 Å². The molecule has 4 bridgehead atoms. The van der Waals surface area contributed by atoms with E-state index in [1.165, 1.54) is 27.7 Å². The number of ether oxygens (including phenoxy) is 1. The van der Waals surface area contributed by atoms with Crippen LogP contribution in [0.25, 0.3) is 10.9 Å². The number of piperidine rings is 3. The fraction of sp³-hybridized carbons (Fsp3) is 0.524. The van der Waals surface area contributed by atoms with Crippen LogP contribution in [0.2, 0.25) is 0 Å². The van der Waals surface area contributed by atoms with Crippen LogP contribution in [0, 0.1) is 11.8 Å². The fourth-order valence-electron chi connectivity index (χ4n) is 5.86. The second-order valence-corrected chi connectivity index (χ2v) is 7.82. The lowest BCUT2D eigenvalue weighted by Crippen LogP contribution is -2.61. The smallest absolute Gasteiger partial charge is 0.119 e. The lowest BCUT2D eigenvalue weighted by Gasteiger charge is -2.58. The molecule has 0 spiro atoms. The average molecular weight is 338 g/mol. The summed E-state index contributed by atoms with van der Waals surface area (Å²) in [6.07, 6.45) is 4.45. The molecule has 0 radical (unpaired) electrons. The van der Waals surface area contributed by atoms with E-state index < -0.39 is 0 Å². The highest BCUT2D eigenvalue weighted by Gasteiger charge is 2.52. The third-order valence-electron chi connectivity index (χ3n) is 7.03. The van der Waals surface area contributed by atoms with E-state index >= 15 is 0 Å². The van der Waals surface area contributed by atoms with Gasteiger partial charge in [0.15, 0.2) is 0 Å². The standard InChI is InChI=1S/C21H26N2O2/c1-4-12-10-23-19-9-16-15-7-13(25-3)5-6-18(15)22(2)21(16)20(23)8-14(12)17(19)11-24/h4-7,14,17,19-20,24H,8-11H2,1-3H3/b12-4-/t14-,17+,19-,20-/m0/s1. The van der Waals surface area contributed by atoms with Crippen molar-refractivity contribution >= 4 is 10.9 Å². The lowest BCUT2D eigenvalue weighted by molar-refractivity contribution is -0.0513. The van der Waals surface area contributed by atoms with Gasteiger partial charge >= 0.3 is 0 Å². The quantitative estimate of drug-likeness (QED) is 0.855. The van der Waals surface area contributed by atoms with Crippen LogP contribution in [0.15, 0.2) is 29.8 Å². The molecule has 3 fully saturated rings. The Morgan fingerprint density at radius 2 is 2.20 bits per heavy atom. The Morgan fingerprint density at radius 1 is 1.36 bits per heavy atom. The SMILES string of the molecule is C/C=C1/CN2[C@H]3C[C@@H]1[C@@H](CO)[C@@H]2Cc1c3n(C)c2ccc(OC)cc12. The van der Waals surface area contributed by atoms with Crippen LogP contribution in [-0.4, -0.2) is 40.9 Å². The summed E-state index contributed by atoms with van der Waals surface area (Å²) in [6.45, 7) is 3.51. The number of allylic oxidation sites excluding steroid dienone is 1. The zero-order valence-electron chi connectivity index (χ0n) is 15.2. The number of fused-ring (bicyclic) bond motifs is 4. The van der Waals surface area contributed by atoms with Crippen LogP contribution in [-0.2, 0) is 13.5 Å². The van der Waals surface area contributed by atoms with Gasteiger partial charge in [0, 0.05) is 48.8 Å². The Hall–Kier alpha value is -1.78. The molecule has 1 aromatic heterocycles. The summed E-state index contributed by atoms with van der Waals surface area (Å²) in [5.41, 5.74) is 5.78. The number of rotatable bonds is 2. The van der Waals surface area contributed by atoms with Gasteiger partial charge < -0.3 is 14.4 Å². The van der Waals surface area contributed by atoms with E-state index in [-0.39, 0.29) is 0 Å². The van der Waals surface area contributed by atoms with Gasteiger partial charge in [0.2, 0.25) is 0 Å². The molecule has 132 valence electrons. The van der Waals surface area contributed by atoms with Crippen molar-refractivity contribution in [2.24, 2.45) is 18.9 Å². The number of aliphatic hydroxyl groups excluding tert-OH is 1. The third-order valence-corrected chi connectivity index (χ3v) is 7.03. The van der Waals surface area contributed by atoms with E-state index in [0.29, 0.717) is 30.5 Å².